The van der Waals surface area contributed by atoms with Crippen molar-refractivity contribution in [2.75, 3.05) is 19.5 Å². The summed E-state index contributed by atoms with van der Waals surface area (Å²) in [7, 11) is 2.83. The number of benzene rings is 1. The Morgan fingerprint density at radius 2 is 1.70 bits per heavy atom. The van der Waals surface area contributed by atoms with Gasteiger partial charge in [-0.1, -0.05) is 11.6 Å². The van der Waals surface area contributed by atoms with Crippen LogP contribution in [0.2, 0.25) is 5.02 Å². The average Bonchev–Trinajstić information content (AvgIpc) is 2.54. The molecule has 1 amide bonds. The molecule has 8 heteroatoms. The van der Waals surface area contributed by atoms with Crippen LogP contribution in [0.4, 0.5) is 5.69 Å². The van der Waals surface area contributed by atoms with E-state index in [9.17, 15) is 9.59 Å². The zero-order chi connectivity index (χ0) is 17.0. The van der Waals surface area contributed by atoms with Crippen LogP contribution in [-0.4, -0.2) is 35.9 Å². The Balaban J connectivity index is 2.52. The summed E-state index contributed by atoms with van der Waals surface area (Å²) in [4.78, 5) is 32.0. The number of hydrogen-bond donors (Lipinski definition) is 1. The molecule has 23 heavy (non-hydrogen) atoms. The fraction of sp³-hybridized carbons (Fsp3) is 0.200. The van der Waals surface area contributed by atoms with Crippen LogP contribution in [0.5, 0.6) is 11.8 Å². The van der Waals surface area contributed by atoms with Gasteiger partial charge in [0, 0.05) is 11.9 Å². The fourth-order valence-corrected chi connectivity index (χ4v) is 2.01. The molecule has 1 aromatic heterocycles. The van der Waals surface area contributed by atoms with E-state index < -0.39 is 5.78 Å². The number of hydrogen-bond acceptors (Lipinski definition) is 6. The predicted octanol–water partition coefficient (Wildman–Crippen LogP) is 2.34. The Morgan fingerprint density at radius 1 is 1.09 bits per heavy atom. The molecular weight excluding hydrogens is 322 g/mol. The molecule has 0 aliphatic heterocycles. The molecule has 2 aromatic rings. The SMILES string of the molecule is COc1cc(OC)nc(C(=O)c2cc(Cl)ccc2NC(C)=O)n1. The maximum atomic E-state index is 12.7. The number of nitrogens with zero attached hydrogens (tertiary/aromatic N) is 2. The monoisotopic (exact) mass is 335 g/mol. The number of rotatable bonds is 5. The highest BCUT2D eigenvalue weighted by molar-refractivity contribution is 6.31. The first-order valence-corrected chi connectivity index (χ1v) is 6.91. The molecule has 2 rings (SSSR count). The van der Waals surface area contributed by atoms with Crippen molar-refractivity contribution >= 4 is 29.0 Å². The van der Waals surface area contributed by atoms with E-state index in [2.05, 4.69) is 15.3 Å². The number of aromatic nitrogens is 2. The second-order valence-corrected chi connectivity index (χ2v) is 4.91. The molecular formula is C15H14ClN3O4. The maximum absolute atomic E-state index is 12.7. The predicted molar refractivity (Wildman–Crippen MR) is 84.3 cm³/mol. The summed E-state index contributed by atoms with van der Waals surface area (Å²) >= 11 is 5.95. The van der Waals surface area contributed by atoms with E-state index in [1.807, 2.05) is 0 Å². The van der Waals surface area contributed by atoms with Crippen molar-refractivity contribution in [3.63, 3.8) is 0 Å². The van der Waals surface area contributed by atoms with Gasteiger partial charge in [0.25, 0.3) is 0 Å². The van der Waals surface area contributed by atoms with Crippen LogP contribution in [-0.2, 0) is 4.79 Å². The first-order valence-electron chi connectivity index (χ1n) is 6.53. The van der Waals surface area contributed by atoms with Gasteiger partial charge in [0.15, 0.2) is 0 Å². The van der Waals surface area contributed by atoms with Crippen LogP contribution in [0.3, 0.4) is 0 Å². The van der Waals surface area contributed by atoms with Gasteiger partial charge in [-0.05, 0) is 18.2 Å². The second-order valence-electron chi connectivity index (χ2n) is 4.48. The van der Waals surface area contributed by atoms with Gasteiger partial charge in [-0.3, -0.25) is 9.59 Å². The topological polar surface area (TPSA) is 90.4 Å². The Labute approximate surface area is 137 Å². The van der Waals surface area contributed by atoms with Crippen molar-refractivity contribution < 1.29 is 19.1 Å². The Bertz CT molecular complexity index is 742. The summed E-state index contributed by atoms with van der Waals surface area (Å²) in [5, 5.41) is 2.92. The minimum atomic E-state index is -0.520. The highest BCUT2D eigenvalue weighted by Crippen LogP contribution is 2.24. The van der Waals surface area contributed by atoms with Gasteiger partial charge < -0.3 is 14.8 Å². The fourth-order valence-electron chi connectivity index (χ4n) is 1.84. The third kappa shape index (κ3) is 3.95. The molecule has 0 aliphatic carbocycles. The third-order valence-electron chi connectivity index (χ3n) is 2.84. The van der Waals surface area contributed by atoms with E-state index in [0.717, 1.165) is 0 Å². The average molecular weight is 336 g/mol. The minimum Gasteiger partial charge on any atom is -0.481 e. The van der Waals surface area contributed by atoms with Crippen molar-refractivity contribution in [3.8, 4) is 11.8 Å². The molecule has 0 bridgehead atoms. The molecule has 0 unspecified atom stereocenters. The van der Waals surface area contributed by atoms with E-state index >= 15 is 0 Å². The quantitative estimate of drug-likeness (QED) is 0.843. The van der Waals surface area contributed by atoms with Crippen LogP contribution in [0.15, 0.2) is 24.3 Å². The smallest absolute Gasteiger partial charge is 0.232 e. The Kier molecular flexibility index (Phi) is 5.13. The van der Waals surface area contributed by atoms with Crippen molar-refractivity contribution in [1.29, 1.82) is 0 Å². The van der Waals surface area contributed by atoms with Crippen molar-refractivity contribution in [2.24, 2.45) is 0 Å². The normalized spacial score (nSPS) is 10.1. The van der Waals surface area contributed by atoms with Crippen LogP contribution in [0.1, 0.15) is 23.1 Å². The van der Waals surface area contributed by atoms with Gasteiger partial charge in [-0.15, -0.1) is 0 Å². The zero-order valence-corrected chi connectivity index (χ0v) is 13.5. The number of anilines is 1. The lowest BCUT2D eigenvalue weighted by Gasteiger charge is -2.10. The summed E-state index contributed by atoms with van der Waals surface area (Å²) in [6.45, 7) is 1.34. The number of nitrogens with one attached hydrogen (secondary N) is 1. The summed E-state index contributed by atoms with van der Waals surface area (Å²) in [5.41, 5.74) is 0.486. The lowest BCUT2D eigenvalue weighted by molar-refractivity contribution is -0.114. The molecule has 7 nitrogen and oxygen atoms in total. The molecule has 1 heterocycles. The molecule has 0 atom stereocenters. The van der Waals surface area contributed by atoms with Gasteiger partial charge >= 0.3 is 0 Å². The van der Waals surface area contributed by atoms with E-state index in [-0.39, 0.29) is 29.1 Å². The van der Waals surface area contributed by atoms with Crippen molar-refractivity contribution in [2.45, 2.75) is 6.92 Å². The second kappa shape index (κ2) is 7.06. The van der Waals surface area contributed by atoms with E-state index in [1.54, 1.807) is 6.07 Å². The third-order valence-corrected chi connectivity index (χ3v) is 3.07. The summed E-state index contributed by atoms with van der Waals surface area (Å²) in [6, 6.07) is 5.99. The highest BCUT2D eigenvalue weighted by Gasteiger charge is 2.20. The molecule has 1 N–H and O–H groups in total. The summed E-state index contributed by atoms with van der Waals surface area (Å²) in [5.74, 6) is -0.597. The molecule has 120 valence electrons. The highest BCUT2D eigenvalue weighted by atomic mass is 35.5. The number of carbonyl (C=O) groups is 2. The van der Waals surface area contributed by atoms with Gasteiger partial charge in [-0.2, -0.15) is 9.97 Å². The first kappa shape index (κ1) is 16.7. The number of methoxy groups -OCH3 is 2. The van der Waals surface area contributed by atoms with Crippen LogP contribution < -0.4 is 14.8 Å². The van der Waals surface area contributed by atoms with Crippen molar-refractivity contribution in [1.82, 2.24) is 9.97 Å². The van der Waals surface area contributed by atoms with E-state index in [1.165, 1.54) is 39.3 Å². The molecule has 0 radical (unpaired) electrons. The minimum absolute atomic E-state index is 0.130. The lowest BCUT2D eigenvalue weighted by atomic mass is 10.1. The molecule has 0 saturated heterocycles. The standard InChI is InChI=1S/C15H14ClN3O4/c1-8(20)17-11-5-4-9(16)6-10(11)14(21)15-18-12(22-2)7-13(19-15)23-3/h4-7H,1-3H3,(H,17,20). The zero-order valence-electron chi connectivity index (χ0n) is 12.7. The van der Waals surface area contributed by atoms with Gasteiger partial charge in [0.05, 0.1) is 31.5 Å². The number of ketones is 1. The summed E-state index contributed by atoms with van der Waals surface area (Å²) in [6.07, 6.45) is 0. The lowest BCUT2D eigenvalue weighted by Crippen LogP contribution is -2.14. The molecule has 0 aliphatic rings. The largest absolute Gasteiger partial charge is 0.481 e. The first-order chi connectivity index (χ1) is 10.9. The van der Waals surface area contributed by atoms with Gasteiger partial charge in [0.1, 0.15) is 0 Å². The maximum Gasteiger partial charge on any atom is 0.232 e. The Hall–Kier alpha value is -2.67. The number of carbonyl (C=O) groups excluding carboxylic acids is 2. The van der Waals surface area contributed by atoms with Gasteiger partial charge in [-0.25, -0.2) is 0 Å². The van der Waals surface area contributed by atoms with E-state index in [0.29, 0.717) is 10.7 Å². The molecule has 0 fully saturated rings. The van der Waals surface area contributed by atoms with Gasteiger partial charge in [0.2, 0.25) is 29.3 Å². The Morgan fingerprint density at radius 3 is 2.22 bits per heavy atom. The van der Waals surface area contributed by atoms with Crippen molar-refractivity contribution in [3.05, 3.63) is 40.7 Å². The number of ether oxygens (including phenoxy) is 2. The number of halogens is 1. The number of amides is 1. The summed E-state index contributed by atoms with van der Waals surface area (Å²) < 4.78 is 10.0. The molecule has 1 aromatic carbocycles. The van der Waals surface area contributed by atoms with Crippen LogP contribution in [0, 0.1) is 0 Å². The molecule has 0 saturated carbocycles. The molecule has 0 spiro atoms. The van der Waals surface area contributed by atoms with Crippen LogP contribution in [0.25, 0.3) is 0 Å². The van der Waals surface area contributed by atoms with E-state index in [4.69, 9.17) is 21.1 Å². The van der Waals surface area contributed by atoms with Crippen LogP contribution >= 0.6 is 11.6 Å².